The van der Waals surface area contributed by atoms with Gasteiger partial charge in [0.2, 0.25) is 0 Å². The van der Waals surface area contributed by atoms with E-state index in [1.807, 2.05) is 0 Å². The first-order valence-electron chi connectivity index (χ1n) is 24.5. The van der Waals surface area contributed by atoms with Gasteiger partial charge < -0.3 is 0 Å². The molecule has 0 spiro atoms. The van der Waals surface area contributed by atoms with Crippen molar-refractivity contribution in [1.29, 1.82) is 0 Å². The number of hydrogen-bond acceptors (Lipinski definition) is 3. The second-order valence-corrected chi connectivity index (χ2v) is 18.3. The molecule has 336 valence electrons. The minimum Gasteiger partial charge on any atom is -0.208 e. The molecule has 0 bridgehead atoms. The van der Waals surface area contributed by atoms with Crippen molar-refractivity contribution in [2.24, 2.45) is 0 Å². The summed E-state index contributed by atoms with van der Waals surface area (Å²) >= 11 is 0. The van der Waals surface area contributed by atoms with Crippen molar-refractivity contribution in [2.75, 3.05) is 0 Å². The van der Waals surface area contributed by atoms with Crippen LogP contribution in [0.5, 0.6) is 0 Å². The third-order valence-corrected chi connectivity index (χ3v) is 14.0. The van der Waals surface area contributed by atoms with Gasteiger partial charge in [-0.05, 0) is 99.1 Å². The van der Waals surface area contributed by atoms with Crippen LogP contribution in [0.1, 0.15) is 0 Å². The van der Waals surface area contributed by atoms with Gasteiger partial charge >= 0.3 is 0 Å². The van der Waals surface area contributed by atoms with E-state index >= 15 is 0 Å². The Labute approximate surface area is 419 Å². The first-order valence-corrected chi connectivity index (χ1v) is 24.5. The predicted molar refractivity (Wildman–Crippen MR) is 301 cm³/mol. The molecule has 0 aliphatic rings. The van der Waals surface area contributed by atoms with Crippen LogP contribution in [0.2, 0.25) is 0 Å². The zero-order valence-electron chi connectivity index (χ0n) is 39.3. The highest BCUT2D eigenvalue weighted by Crippen LogP contribution is 2.40. The number of fused-ring (bicyclic) bond motifs is 3. The molecule has 0 radical (unpaired) electrons. The Morgan fingerprint density at radius 1 is 0.139 bits per heavy atom. The molecule has 0 unspecified atom stereocenters. The quantitative estimate of drug-likeness (QED) is 0.145. The van der Waals surface area contributed by atoms with Crippen LogP contribution >= 0.6 is 0 Å². The van der Waals surface area contributed by atoms with Crippen molar-refractivity contribution >= 4 is 32.3 Å². The maximum Gasteiger partial charge on any atom is 0.164 e. The second-order valence-electron chi connectivity index (χ2n) is 18.3. The van der Waals surface area contributed by atoms with Gasteiger partial charge in [-0.25, -0.2) is 15.0 Å². The lowest BCUT2D eigenvalue weighted by molar-refractivity contribution is 1.07. The fraction of sp³-hybridized carbons (Fsp3) is 0. The van der Waals surface area contributed by atoms with Crippen LogP contribution in [0.4, 0.5) is 0 Å². The molecule has 0 aliphatic heterocycles. The van der Waals surface area contributed by atoms with E-state index in [0.29, 0.717) is 17.5 Å². The smallest absolute Gasteiger partial charge is 0.164 e. The van der Waals surface area contributed by atoms with Crippen molar-refractivity contribution in [1.82, 2.24) is 15.0 Å². The van der Waals surface area contributed by atoms with E-state index in [2.05, 4.69) is 273 Å². The van der Waals surface area contributed by atoms with Gasteiger partial charge in [0.25, 0.3) is 0 Å². The highest BCUT2D eigenvalue weighted by atomic mass is 15.0. The van der Waals surface area contributed by atoms with Crippen LogP contribution in [0.3, 0.4) is 0 Å². The Morgan fingerprint density at radius 2 is 0.306 bits per heavy atom. The van der Waals surface area contributed by atoms with E-state index in [1.165, 1.54) is 82.4 Å². The molecule has 12 aromatic carbocycles. The summed E-state index contributed by atoms with van der Waals surface area (Å²) in [5.74, 6) is 1.84. The van der Waals surface area contributed by atoms with E-state index in [-0.39, 0.29) is 0 Å². The van der Waals surface area contributed by atoms with E-state index in [9.17, 15) is 0 Å². The van der Waals surface area contributed by atoms with Gasteiger partial charge in [0.1, 0.15) is 0 Å². The van der Waals surface area contributed by atoms with Crippen molar-refractivity contribution in [2.45, 2.75) is 0 Å². The summed E-state index contributed by atoms with van der Waals surface area (Å²) in [7, 11) is 0. The molecule has 3 nitrogen and oxygen atoms in total. The van der Waals surface area contributed by atoms with Gasteiger partial charge in [0, 0.05) is 16.7 Å². The topological polar surface area (TPSA) is 38.7 Å². The van der Waals surface area contributed by atoms with E-state index in [0.717, 1.165) is 33.4 Å². The maximum absolute atomic E-state index is 5.20. The van der Waals surface area contributed by atoms with Crippen molar-refractivity contribution in [3.8, 4) is 101 Å². The van der Waals surface area contributed by atoms with Gasteiger partial charge in [0.15, 0.2) is 17.5 Å². The number of hydrogen-bond donors (Lipinski definition) is 0. The lowest BCUT2D eigenvalue weighted by atomic mass is 9.92. The maximum atomic E-state index is 5.20. The minimum absolute atomic E-state index is 0.615. The van der Waals surface area contributed by atoms with Gasteiger partial charge in [-0.3, -0.25) is 0 Å². The molecule has 13 rings (SSSR count). The average Bonchev–Trinajstić information content (AvgIpc) is 3.47. The Balaban J connectivity index is 0.886. The molecule has 13 aromatic rings. The summed E-state index contributed by atoms with van der Waals surface area (Å²) in [6.45, 7) is 0. The van der Waals surface area contributed by atoms with Crippen molar-refractivity contribution < 1.29 is 0 Å². The monoisotopic (exact) mass is 915 g/mol. The molecule has 1 aromatic heterocycles. The van der Waals surface area contributed by atoms with Crippen LogP contribution in [-0.4, -0.2) is 15.0 Å². The second kappa shape index (κ2) is 18.4. The molecule has 0 fully saturated rings. The molecule has 0 saturated heterocycles. The minimum atomic E-state index is 0.615. The third-order valence-electron chi connectivity index (χ3n) is 14.0. The summed E-state index contributed by atoms with van der Waals surface area (Å²) in [5, 5.41) is 7.31. The molecule has 0 amide bonds. The fourth-order valence-corrected chi connectivity index (χ4v) is 10.4. The molecule has 0 atom stereocenters. The van der Waals surface area contributed by atoms with Gasteiger partial charge in [-0.1, -0.05) is 273 Å². The van der Waals surface area contributed by atoms with Crippen LogP contribution in [0.15, 0.2) is 273 Å². The van der Waals surface area contributed by atoms with Crippen LogP contribution in [-0.2, 0) is 0 Å². The van der Waals surface area contributed by atoms with E-state index in [4.69, 9.17) is 15.0 Å². The average molecular weight is 916 g/mol. The number of rotatable bonds is 9. The molecular weight excluding hydrogens is 871 g/mol. The SMILES string of the molecule is c1ccc(-c2ccc(-c3ccc(-c4nc(-c5ccc(-c6ccc(-c7ccccc7)c7ccccc67)cc5)nc(-c5ccc(-c6ccc(-c7ccccc7)c7ccccc67)cc5)n4)cc3)c3ccccc23)cc1. The summed E-state index contributed by atoms with van der Waals surface area (Å²) in [6, 6.07) is 97.3. The molecule has 0 saturated carbocycles. The van der Waals surface area contributed by atoms with Crippen LogP contribution in [0.25, 0.3) is 133 Å². The molecule has 0 N–H and O–H groups in total. The molecule has 3 heteroatoms. The zero-order valence-corrected chi connectivity index (χ0v) is 39.3. The van der Waals surface area contributed by atoms with Crippen LogP contribution < -0.4 is 0 Å². The van der Waals surface area contributed by atoms with E-state index in [1.54, 1.807) is 0 Å². The Kier molecular flexibility index (Phi) is 10.9. The summed E-state index contributed by atoms with van der Waals surface area (Å²) in [5.41, 5.74) is 17.0. The molecule has 0 aliphatic carbocycles. The predicted octanol–water partition coefficient (Wildman–Crippen LogP) is 18.3. The Bertz CT molecular complexity index is 3650. The Morgan fingerprint density at radius 3 is 0.514 bits per heavy atom. The van der Waals surface area contributed by atoms with E-state index < -0.39 is 0 Å². The molecule has 72 heavy (non-hydrogen) atoms. The number of nitrogens with zero attached hydrogens (tertiary/aromatic N) is 3. The first kappa shape index (κ1) is 42.5. The first-order chi connectivity index (χ1) is 35.7. The largest absolute Gasteiger partial charge is 0.208 e. The summed E-state index contributed by atoms with van der Waals surface area (Å²) in [4.78, 5) is 15.6. The zero-order chi connectivity index (χ0) is 47.8. The molecule has 1 heterocycles. The van der Waals surface area contributed by atoms with Gasteiger partial charge in [0.05, 0.1) is 0 Å². The lowest BCUT2D eigenvalue weighted by Crippen LogP contribution is -2.00. The third kappa shape index (κ3) is 7.89. The van der Waals surface area contributed by atoms with Crippen molar-refractivity contribution in [3.05, 3.63) is 273 Å². The number of benzene rings is 12. The van der Waals surface area contributed by atoms with Gasteiger partial charge in [-0.2, -0.15) is 0 Å². The van der Waals surface area contributed by atoms with Crippen LogP contribution in [0, 0.1) is 0 Å². The summed E-state index contributed by atoms with van der Waals surface area (Å²) < 4.78 is 0. The fourth-order valence-electron chi connectivity index (χ4n) is 10.4. The highest BCUT2D eigenvalue weighted by Gasteiger charge is 2.17. The standard InChI is InChI=1S/C69H45N3/c1-4-16-46(17-5-1)55-40-43-58(64-25-13-10-22-61(55)64)49-28-34-52(35-29-49)67-70-68(53-36-30-50(31-37-53)59-44-41-56(47-18-6-2-7-19-47)62-23-11-14-26-65(59)62)72-69(71-67)54-38-32-51(33-39-54)60-45-42-57(48-20-8-3-9-21-48)63-24-12-15-27-66(60)63/h1-45H. The molecular formula is C69H45N3. The van der Waals surface area contributed by atoms with Gasteiger partial charge in [-0.15, -0.1) is 0 Å². The van der Waals surface area contributed by atoms with Crippen molar-refractivity contribution in [3.63, 3.8) is 0 Å². The highest BCUT2D eigenvalue weighted by molar-refractivity contribution is 6.07. The Hall–Kier alpha value is -9.57. The number of aromatic nitrogens is 3. The lowest BCUT2D eigenvalue weighted by Gasteiger charge is -2.14. The normalized spacial score (nSPS) is 11.3. The summed E-state index contributed by atoms with van der Waals surface area (Å²) in [6.07, 6.45) is 0.